The molecule has 0 unspecified atom stereocenters. The van der Waals surface area contributed by atoms with Gasteiger partial charge in [-0.05, 0) is 64.2 Å². The third-order valence-electron chi connectivity index (χ3n) is 9.41. The molecule has 10 rings (SSSR count). The Kier molecular flexibility index (Phi) is 9.51. The minimum Gasteiger partial charge on any atom is -0.332 e. The maximum atomic E-state index is 5.30. The molecular weight excluding hydrogens is 845 g/mol. The molecule has 0 bridgehead atoms. The van der Waals surface area contributed by atoms with Crippen molar-refractivity contribution in [2.24, 2.45) is 0 Å². The molecule has 0 saturated carbocycles. The van der Waals surface area contributed by atoms with Crippen LogP contribution < -0.4 is 0 Å². The largest absolute Gasteiger partial charge is 0.332 e. The van der Waals surface area contributed by atoms with Crippen LogP contribution in [-0.4, -0.2) is 19.5 Å². The second kappa shape index (κ2) is 14.7. The van der Waals surface area contributed by atoms with Gasteiger partial charge in [-0.1, -0.05) is 109 Å². The maximum absolute atomic E-state index is 5.30. The van der Waals surface area contributed by atoms with Crippen LogP contribution in [0.25, 0.3) is 81.6 Å². The first-order valence-corrected chi connectivity index (χ1v) is 18.1. The maximum Gasteiger partial charge on any atom is 0.0993 e. The summed E-state index contributed by atoms with van der Waals surface area (Å²) in [7, 11) is 0. The summed E-state index contributed by atoms with van der Waals surface area (Å²) in [6, 6.07) is 58.9. The van der Waals surface area contributed by atoms with Crippen LogP contribution in [0.3, 0.4) is 0 Å². The van der Waals surface area contributed by atoms with Crippen molar-refractivity contribution in [1.82, 2.24) is 19.5 Å². The van der Waals surface area contributed by atoms with Gasteiger partial charge in [-0.25, -0.2) is 0 Å². The minimum atomic E-state index is 0. The van der Waals surface area contributed by atoms with Gasteiger partial charge in [-0.15, -0.1) is 53.6 Å². The van der Waals surface area contributed by atoms with Crippen molar-refractivity contribution in [2.45, 2.75) is 13.8 Å². The fourth-order valence-electron chi connectivity index (χ4n) is 6.96. The number of hydrogen-bond donors (Lipinski definition) is 0. The van der Waals surface area contributed by atoms with E-state index in [-0.39, 0.29) is 20.1 Å². The zero-order valence-electron chi connectivity index (χ0n) is 29.0. The molecule has 10 aromatic rings. The molecule has 53 heavy (non-hydrogen) atoms. The first kappa shape index (κ1) is 34.3. The van der Waals surface area contributed by atoms with Crippen LogP contribution in [0.15, 0.2) is 158 Å². The van der Waals surface area contributed by atoms with E-state index in [1.165, 1.54) is 36.9 Å². The standard InChI is InChI=1S/C36H24N3S.C11H8N.Ir/c1-22-17-19-29(35-32(22)28-20-18-25(21-31(28)40-35)24-11-5-3-6-12-24)36-38-33-23(2)37-30-16-10-9-15-27(30)34(33)39(36)26-13-7-4-8-14-26;1-2-6-10(7-3-1)11-8-4-5-9-12-11;/h3-18,20-21H,1-2H3;1-6,8-9H;/q2*-1;. The van der Waals surface area contributed by atoms with Crippen molar-refractivity contribution in [3.63, 3.8) is 0 Å². The zero-order valence-corrected chi connectivity index (χ0v) is 32.3. The summed E-state index contributed by atoms with van der Waals surface area (Å²) in [6.07, 6.45) is 1.79. The minimum absolute atomic E-state index is 0. The average molecular weight is 877 g/mol. The Morgan fingerprint density at radius 2 is 1.42 bits per heavy atom. The molecule has 6 heteroatoms. The molecule has 0 atom stereocenters. The molecule has 0 amide bonds. The Morgan fingerprint density at radius 3 is 2.19 bits per heavy atom. The predicted molar refractivity (Wildman–Crippen MR) is 217 cm³/mol. The summed E-state index contributed by atoms with van der Waals surface area (Å²) < 4.78 is 4.78. The van der Waals surface area contributed by atoms with E-state index in [0.717, 1.165) is 56.0 Å². The van der Waals surface area contributed by atoms with Crippen LogP contribution in [0.2, 0.25) is 0 Å². The molecule has 0 fully saturated rings. The number of nitrogens with zero attached hydrogens (tertiary/aromatic N) is 4. The Bertz CT molecular complexity index is 2810. The summed E-state index contributed by atoms with van der Waals surface area (Å²) in [5.74, 6) is 0.891. The van der Waals surface area contributed by atoms with E-state index in [0.29, 0.717) is 0 Å². The Labute approximate surface area is 325 Å². The van der Waals surface area contributed by atoms with E-state index in [1.807, 2.05) is 59.9 Å². The summed E-state index contributed by atoms with van der Waals surface area (Å²) in [5.41, 5.74) is 11.7. The molecule has 0 N–H and O–H groups in total. The van der Waals surface area contributed by atoms with Gasteiger partial charge in [0.05, 0.1) is 28.1 Å². The van der Waals surface area contributed by atoms with Gasteiger partial charge >= 0.3 is 0 Å². The summed E-state index contributed by atoms with van der Waals surface area (Å²) >= 11 is 1.83. The Hall–Kier alpha value is -5.78. The van der Waals surface area contributed by atoms with Crippen molar-refractivity contribution in [2.75, 3.05) is 0 Å². The number of para-hydroxylation sites is 2. The molecule has 4 aromatic heterocycles. The quantitative estimate of drug-likeness (QED) is 0.165. The van der Waals surface area contributed by atoms with E-state index in [9.17, 15) is 0 Å². The molecular formula is C47H32IrN4S-2. The van der Waals surface area contributed by atoms with Crippen molar-refractivity contribution in [1.29, 1.82) is 0 Å². The fraction of sp³-hybridized carbons (Fsp3) is 0.0426. The zero-order chi connectivity index (χ0) is 35.0. The summed E-state index contributed by atoms with van der Waals surface area (Å²) in [6.45, 7) is 4.24. The third-order valence-corrected chi connectivity index (χ3v) is 10.6. The Balaban J connectivity index is 0.000000262. The third kappa shape index (κ3) is 6.36. The van der Waals surface area contributed by atoms with Crippen LogP contribution in [0.1, 0.15) is 11.3 Å². The van der Waals surface area contributed by atoms with Crippen LogP contribution in [0.4, 0.5) is 0 Å². The number of imidazole rings is 1. The number of benzene rings is 6. The van der Waals surface area contributed by atoms with Gasteiger partial charge in [0.2, 0.25) is 0 Å². The van der Waals surface area contributed by atoms with Crippen LogP contribution in [-0.2, 0) is 20.1 Å². The molecule has 0 aliphatic heterocycles. The molecule has 0 aliphatic carbocycles. The van der Waals surface area contributed by atoms with Crippen molar-refractivity contribution >= 4 is 53.4 Å². The van der Waals surface area contributed by atoms with Gasteiger partial charge in [-0.3, -0.25) is 9.97 Å². The molecule has 0 saturated heterocycles. The first-order chi connectivity index (χ1) is 25.6. The van der Waals surface area contributed by atoms with Gasteiger partial charge in [0.25, 0.3) is 0 Å². The number of aromatic nitrogens is 4. The number of thiophene rings is 1. The molecule has 0 spiro atoms. The average Bonchev–Trinajstić information content (AvgIpc) is 3.80. The predicted octanol–water partition coefficient (Wildman–Crippen LogP) is 12.2. The number of fused-ring (bicyclic) bond motifs is 6. The molecule has 257 valence electrons. The van der Waals surface area contributed by atoms with Crippen LogP contribution >= 0.6 is 11.3 Å². The SMILES string of the molecule is Cc1nc2ccccc2c2c1nc(-c1[c-]cc(C)c3c1sc1cc(-c4ccccc4)ccc13)n2-c1ccccc1.[Ir].[c-]1ccccc1-c1ccccn1. The summed E-state index contributed by atoms with van der Waals surface area (Å²) in [4.78, 5) is 14.4. The van der Waals surface area contributed by atoms with Gasteiger partial charge in [0.1, 0.15) is 0 Å². The normalized spacial score (nSPS) is 11.1. The Morgan fingerprint density at radius 1 is 0.660 bits per heavy atom. The van der Waals surface area contributed by atoms with Gasteiger partial charge in [0.15, 0.2) is 0 Å². The van der Waals surface area contributed by atoms with E-state index in [4.69, 9.17) is 9.97 Å². The smallest absolute Gasteiger partial charge is 0.0993 e. The fourth-order valence-corrected chi connectivity index (χ4v) is 8.27. The van der Waals surface area contributed by atoms with Crippen LogP contribution in [0.5, 0.6) is 0 Å². The number of rotatable bonds is 4. The topological polar surface area (TPSA) is 43.6 Å². The number of aryl methyl sites for hydroxylation is 2. The number of pyridine rings is 2. The first-order valence-electron chi connectivity index (χ1n) is 17.3. The second-order valence-corrected chi connectivity index (χ2v) is 13.8. The molecule has 4 heterocycles. The molecule has 1 radical (unpaired) electrons. The van der Waals surface area contributed by atoms with E-state index in [1.54, 1.807) is 6.20 Å². The van der Waals surface area contributed by atoms with Crippen molar-refractivity contribution in [3.05, 3.63) is 181 Å². The van der Waals surface area contributed by atoms with E-state index >= 15 is 0 Å². The van der Waals surface area contributed by atoms with Crippen molar-refractivity contribution < 1.29 is 20.1 Å². The van der Waals surface area contributed by atoms with Crippen LogP contribution in [0, 0.1) is 26.0 Å². The van der Waals surface area contributed by atoms with Crippen molar-refractivity contribution in [3.8, 4) is 39.5 Å². The number of hydrogen-bond acceptors (Lipinski definition) is 4. The molecule has 0 aliphatic rings. The van der Waals surface area contributed by atoms with Gasteiger partial charge < -0.3 is 9.55 Å². The van der Waals surface area contributed by atoms with Gasteiger partial charge in [-0.2, -0.15) is 11.3 Å². The van der Waals surface area contributed by atoms with Gasteiger partial charge in [0, 0.05) is 42.1 Å². The monoisotopic (exact) mass is 877 g/mol. The van der Waals surface area contributed by atoms with E-state index < -0.39 is 0 Å². The van der Waals surface area contributed by atoms with E-state index in [2.05, 4.69) is 139 Å². The second-order valence-electron chi connectivity index (χ2n) is 12.7. The summed E-state index contributed by atoms with van der Waals surface area (Å²) in [5, 5.41) is 3.65. The molecule has 6 aromatic carbocycles. The molecule has 4 nitrogen and oxygen atoms in total.